The molecular formula is C15H17N3O. The number of nitrogens with zero attached hydrogens (tertiary/aromatic N) is 1. The molecule has 2 N–H and O–H groups in total. The van der Waals surface area contributed by atoms with Gasteiger partial charge >= 0.3 is 0 Å². The minimum Gasteiger partial charge on any atom is -0.382 e. The average Bonchev–Trinajstić information content (AvgIpc) is 2.58. The first kappa shape index (κ1) is 12.0. The van der Waals surface area contributed by atoms with Gasteiger partial charge in [0, 0.05) is 6.54 Å². The van der Waals surface area contributed by atoms with Crippen LogP contribution in [-0.4, -0.2) is 12.5 Å². The van der Waals surface area contributed by atoms with Crippen molar-refractivity contribution in [1.29, 1.82) is 5.26 Å². The predicted octanol–water partition coefficient (Wildman–Crippen LogP) is 2.87. The smallest absolute Gasteiger partial charge is 0.232 e. The lowest BCUT2D eigenvalue weighted by molar-refractivity contribution is -0.126. The lowest BCUT2D eigenvalue weighted by Crippen LogP contribution is -2.41. The number of hydrogen-bond donors (Lipinski definition) is 2. The molecule has 1 aliphatic heterocycles. The summed E-state index contributed by atoms with van der Waals surface area (Å²) >= 11 is 0. The molecule has 1 fully saturated rings. The second-order valence-electron chi connectivity index (χ2n) is 5.49. The molecule has 1 spiro atoms. The van der Waals surface area contributed by atoms with Crippen LogP contribution in [0.3, 0.4) is 0 Å². The molecule has 0 saturated heterocycles. The van der Waals surface area contributed by atoms with E-state index in [2.05, 4.69) is 16.7 Å². The molecule has 4 heteroatoms. The summed E-state index contributed by atoms with van der Waals surface area (Å²) in [6.45, 7) is 0.667. The Morgan fingerprint density at radius 2 is 2.00 bits per heavy atom. The SMILES string of the molecule is N#Cc1cccc2c1NC(=O)C1(CCCCC1)CN2. The summed E-state index contributed by atoms with van der Waals surface area (Å²) in [6, 6.07) is 7.63. The Hall–Kier alpha value is -2.02. The maximum atomic E-state index is 12.6. The summed E-state index contributed by atoms with van der Waals surface area (Å²) in [5.41, 5.74) is 1.71. The Bertz CT molecular complexity index is 553. The second kappa shape index (κ2) is 4.58. The molecule has 1 aliphatic carbocycles. The number of nitriles is 1. The first-order valence-electron chi connectivity index (χ1n) is 6.84. The summed E-state index contributed by atoms with van der Waals surface area (Å²) in [7, 11) is 0. The number of anilines is 2. The van der Waals surface area contributed by atoms with Crippen molar-refractivity contribution >= 4 is 17.3 Å². The standard InChI is InChI=1S/C15H17N3O/c16-9-11-5-4-6-12-13(11)18-14(19)15(10-17-12)7-2-1-3-8-15/h4-6,17H,1-3,7-8,10H2,(H,18,19). The van der Waals surface area contributed by atoms with E-state index in [4.69, 9.17) is 5.26 Å². The number of rotatable bonds is 0. The zero-order valence-corrected chi connectivity index (χ0v) is 10.8. The fourth-order valence-electron chi connectivity index (χ4n) is 3.15. The van der Waals surface area contributed by atoms with Crippen molar-refractivity contribution in [2.45, 2.75) is 32.1 Å². The highest BCUT2D eigenvalue weighted by Crippen LogP contribution is 2.41. The third kappa shape index (κ3) is 1.95. The van der Waals surface area contributed by atoms with Crippen LogP contribution in [0.5, 0.6) is 0 Å². The van der Waals surface area contributed by atoms with Crippen molar-refractivity contribution in [3.05, 3.63) is 23.8 Å². The van der Waals surface area contributed by atoms with E-state index in [-0.39, 0.29) is 11.3 Å². The highest BCUT2D eigenvalue weighted by molar-refractivity contribution is 6.01. The summed E-state index contributed by atoms with van der Waals surface area (Å²) in [5, 5.41) is 15.5. The number of para-hydroxylation sites is 1. The maximum absolute atomic E-state index is 12.6. The zero-order chi connectivity index (χ0) is 13.3. The molecule has 1 amide bonds. The molecule has 0 atom stereocenters. The first-order valence-corrected chi connectivity index (χ1v) is 6.84. The van der Waals surface area contributed by atoms with E-state index < -0.39 is 0 Å². The number of fused-ring (bicyclic) bond motifs is 1. The van der Waals surface area contributed by atoms with Crippen molar-refractivity contribution in [1.82, 2.24) is 0 Å². The first-order chi connectivity index (χ1) is 9.25. The van der Waals surface area contributed by atoms with Crippen molar-refractivity contribution in [2.75, 3.05) is 17.2 Å². The molecule has 2 aliphatic rings. The quantitative estimate of drug-likeness (QED) is 0.749. The van der Waals surface area contributed by atoms with Crippen LogP contribution in [0.25, 0.3) is 0 Å². The van der Waals surface area contributed by atoms with E-state index in [1.54, 1.807) is 6.07 Å². The van der Waals surface area contributed by atoms with Crippen molar-refractivity contribution in [2.24, 2.45) is 5.41 Å². The van der Waals surface area contributed by atoms with Gasteiger partial charge in [-0.15, -0.1) is 0 Å². The Kier molecular flexibility index (Phi) is 2.90. The van der Waals surface area contributed by atoms with Crippen molar-refractivity contribution in [3.63, 3.8) is 0 Å². The van der Waals surface area contributed by atoms with Gasteiger partial charge in [-0.25, -0.2) is 0 Å². The van der Waals surface area contributed by atoms with Gasteiger partial charge in [-0.2, -0.15) is 5.26 Å². The van der Waals surface area contributed by atoms with Crippen molar-refractivity contribution in [3.8, 4) is 6.07 Å². The normalized spacial score (nSPS) is 20.7. The molecule has 19 heavy (non-hydrogen) atoms. The van der Waals surface area contributed by atoms with Crippen LogP contribution in [0.15, 0.2) is 18.2 Å². The van der Waals surface area contributed by atoms with Gasteiger partial charge in [0.1, 0.15) is 6.07 Å². The second-order valence-corrected chi connectivity index (χ2v) is 5.49. The molecule has 1 saturated carbocycles. The van der Waals surface area contributed by atoms with Gasteiger partial charge < -0.3 is 10.6 Å². The lowest BCUT2D eigenvalue weighted by Gasteiger charge is -2.34. The van der Waals surface area contributed by atoms with Crippen LogP contribution < -0.4 is 10.6 Å². The minimum atomic E-state index is -0.302. The van der Waals surface area contributed by atoms with Crippen LogP contribution in [0.1, 0.15) is 37.7 Å². The zero-order valence-electron chi connectivity index (χ0n) is 10.8. The van der Waals surface area contributed by atoms with E-state index in [1.807, 2.05) is 12.1 Å². The molecule has 4 nitrogen and oxygen atoms in total. The monoisotopic (exact) mass is 255 g/mol. The summed E-state index contributed by atoms with van der Waals surface area (Å²) in [6.07, 6.45) is 5.29. The third-order valence-electron chi connectivity index (χ3n) is 4.33. The van der Waals surface area contributed by atoms with Gasteiger partial charge in [0.25, 0.3) is 0 Å². The molecule has 1 aromatic rings. The number of amides is 1. The number of nitrogens with one attached hydrogen (secondary N) is 2. The van der Waals surface area contributed by atoms with Crippen LogP contribution in [-0.2, 0) is 4.79 Å². The van der Waals surface area contributed by atoms with Gasteiger partial charge in [0.2, 0.25) is 5.91 Å². The Morgan fingerprint density at radius 1 is 1.21 bits per heavy atom. The molecule has 3 rings (SSSR count). The molecule has 1 aromatic carbocycles. The van der Waals surface area contributed by atoms with E-state index in [0.717, 1.165) is 31.4 Å². The highest BCUT2D eigenvalue weighted by Gasteiger charge is 2.41. The van der Waals surface area contributed by atoms with Gasteiger partial charge in [-0.1, -0.05) is 25.3 Å². The van der Waals surface area contributed by atoms with E-state index in [9.17, 15) is 4.79 Å². The summed E-state index contributed by atoms with van der Waals surface area (Å²) in [5.74, 6) is 0.0705. The highest BCUT2D eigenvalue weighted by atomic mass is 16.2. The van der Waals surface area contributed by atoms with Crippen molar-refractivity contribution < 1.29 is 4.79 Å². The fraction of sp³-hybridized carbons (Fsp3) is 0.467. The van der Waals surface area contributed by atoms with E-state index in [1.165, 1.54) is 6.42 Å². The van der Waals surface area contributed by atoms with Gasteiger partial charge in [-0.05, 0) is 25.0 Å². The number of benzene rings is 1. The largest absolute Gasteiger partial charge is 0.382 e. The number of hydrogen-bond acceptors (Lipinski definition) is 3. The summed E-state index contributed by atoms with van der Waals surface area (Å²) < 4.78 is 0. The molecule has 0 unspecified atom stereocenters. The van der Waals surface area contributed by atoms with Crippen LogP contribution in [0.2, 0.25) is 0 Å². The number of carbonyl (C=O) groups excluding carboxylic acids is 1. The summed E-state index contributed by atoms with van der Waals surface area (Å²) in [4.78, 5) is 12.6. The van der Waals surface area contributed by atoms with E-state index in [0.29, 0.717) is 17.8 Å². The molecule has 0 radical (unpaired) electrons. The molecule has 0 aromatic heterocycles. The average molecular weight is 255 g/mol. The molecule has 0 bridgehead atoms. The molecule has 1 heterocycles. The number of carbonyl (C=O) groups is 1. The van der Waals surface area contributed by atoms with Crippen LogP contribution >= 0.6 is 0 Å². The Morgan fingerprint density at radius 3 is 2.74 bits per heavy atom. The topological polar surface area (TPSA) is 64.9 Å². The predicted molar refractivity (Wildman–Crippen MR) is 73.8 cm³/mol. The van der Waals surface area contributed by atoms with Gasteiger partial charge in [0.05, 0.1) is 22.4 Å². The third-order valence-corrected chi connectivity index (χ3v) is 4.33. The Balaban J connectivity index is 1.98. The maximum Gasteiger partial charge on any atom is 0.232 e. The van der Waals surface area contributed by atoms with Gasteiger partial charge in [0.15, 0.2) is 0 Å². The molecule has 98 valence electrons. The van der Waals surface area contributed by atoms with Crippen LogP contribution in [0, 0.1) is 16.7 Å². The van der Waals surface area contributed by atoms with Gasteiger partial charge in [-0.3, -0.25) is 4.79 Å². The molecular weight excluding hydrogens is 238 g/mol. The Labute approximate surface area is 112 Å². The minimum absolute atomic E-state index is 0.0705. The van der Waals surface area contributed by atoms with E-state index >= 15 is 0 Å². The fourth-order valence-corrected chi connectivity index (χ4v) is 3.15. The lowest BCUT2D eigenvalue weighted by atomic mass is 9.73. The van der Waals surface area contributed by atoms with Crippen LogP contribution in [0.4, 0.5) is 11.4 Å².